The number of aliphatic hydroxyl groups excluding tert-OH is 19. The van der Waals surface area contributed by atoms with E-state index in [-0.39, 0.29) is 25.2 Å². The molecule has 680 valence electrons. The van der Waals surface area contributed by atoms with E-state index in [4.69, 9.17) is 80.5 Å². The minimum absolute atomic E-state index is 0.0330. The van der Waals surface area contributed by atoms with Crippen LogP contribution in [0.25, 0.3) is 0 Å². The van der Waals surface area contributed by atoms with Gasteiger partial charge in [0, 0.05) is 6.92 Å². The molecule has 42 nitrogen and oxygen atoms in total. The van der Waals surface area contributed by atoms with Crippen LogP contribution in [0.5, 0.6) is 0 Å². The van der Waals surface area contributed by atoms with Gasteiger partial charge in [-0.15, -0.1) is 0 Å². The van der Waals surface area contributed by atoms with Gasteiger partial charge in [-0.1, -0.05) is 53.2 Å². The maximum absolute atomic E-state index is 16.2. The summed E-state index contributed by atoms with van der Waals surface area (Å²) in [7, 11) is 0. The summed E-state index contributed by atoms with van der Waals surface area (Å²) >= 11 is 0. The molecule has 5 aliphatic carbocycles. The molecule has 46 unspecified atom stereocenters. The van der Waals surface area contributed by atoms with E-state index in [1.807, 2.05) is 13.8 Å². The molecular formula is C77H120O42. The van der Waals surface area contributed by atoms with Gasteiger partial charge < -0.3 is 193 Å². The second kappa shape index (κ2) is 35.2. The number of esters is 2. The fraction of sp³-hybridized carbons (Fsp3) is 0.922. The van der Waals surface area contributed by atoms with E-state index >= 15 is 4.79 Å². The molecule has 8 aliphatic heterocycles. The Hall–Kier alpha value is -3.58. The first kappa shape index (κ1) is 93.1. The van der Waals surface area contributed by atoms with Crippen LogP contribution >= 0.6 is 0 Å². The number of carbonyl (C=O) groups is 4. The molecule has 0 aromatic carbocycles. The third kappa shape index (κ3) is 16.3. The van der Waals surface area contributed by atoms with Crippen molar-refractivity contribution in [2.24, 2.45) is 50.2 Å². The van der Waals surface area contributed by atoms with Gasteiger partial charge in [0.1, 0.15) is 152 Å². The third-order valence-electron chi connectivity index (χ3n) is 29.0. The van der Waals surface area contributed by atoms with Gasteiger partial charge >= 0.3 is 17.9 Å². The smallest absolute Gasteiger partial charge is 0.335 e. The molecule has 42 heteroatoms. The maximum atomic E-state index is 16.2. The summed E-state index contributed by atoms with van der Waals surface area (Å²) in [5.74, 6) is -5.26. The number of carbonyl (C=O) groups excluding carboxylic acids is 3. The van der Waals surface area contributed by atoms with Crippen molar-refractivity contribution >= 4 is 24.2 Å². The van der Waals surface area contributed by atoms with Crippen molar-refractivity contribution in [3.63, 3.8) is 0 Å². The van der Waals surface area contributed by atoms with E-state index in [1.54, 1.807) is 6.92 Å². The highest BCUT2D eigenvalue weighted by molar-refractivity contribution is 5.80. The van der Waals surface area contributed by atoms with Crippen molar-refractivity contribution in [3.8, 4) is 0 Å². The minimum atomic E-state index is -2.25. The first-order valence-electron chi connectivity index (χ1n) is 40.8. The van der Waals surface area contributed by atoms with Gasteiger partial charge in [0.05, 0.1) is 69.5 Å². The van der Waals surface area contributed by atoms with Gasteiger partial charge in [-0.2, -0.15) is 0 Å². The molecule has 119 heavy (non-hydrogen) atoms. The summed E-state index contributed by atoms with van der Waals surface area (Å²) < 4.78 is 103. The molecular weight excluding hydrogens is 1600 g/mol. The Balaban J connectivity index is 0.777. The number of carboxylic acid groups (broad SMARTS) is 1. The van der Waals surface area contributed by atoms with E-state index < -0.39 is 335 Å². The number of rotatable bonds is 22. The molecule has 0 radical (unpaired) electrons. The van der Waals surface area contributed by atoms with Crippen molar-refractivity contribution in [1.82, 2.24) is 0 Å². The number of hydrogen-bond donors (Lipinski definition) is 21. The number of allylic oxidation sites excluding steroid dienone is 2. The van der Waals surface area contributed by atoms with E-state index in [9.17, 15) is 122 Å². The number of aliphatic carboxylic acids is 1. The number of ether oxygens (including phenoxy) is 17. The Morgan fingerprint density at radius 3 is 1.63 bits per heavy atom. The Morgan fingerprint density at radius 2 is 1.03 bits per heavy atom. The lowest BCUT2D eigenvalue weighted by Crippen LogP contribution is -2.69. The van der Waals surface area contributed by atoms with E-state index in [0.29, 0.717) is 38.5 Å². The monoisotopic (exact) mass is 1720 g/mol. The number of carboxylic acids is 1. The van der Waals surface area contributed by atoms with Crippen molar-refractivity contribution in [3.05, 3.63) is 11.6 Å². The Labute approximate surface area is 683 Å². The summed E-state index contributed by atoms with van der Waals surface area (Å²) in [5, 5.41) is 233. The van der Waals surface area contributed by atoms with Gasteiger partial charge in [-0.05, 0) is 111 Å². The summed E-state index contributed by atoms with van der Waals surface area (Å²) in [6, 6.07) is 0. The van der Waals surface area contributed by atoms with Gasteiger partial charge in [-0.25, -0.2) is 4.79 Å². The summed E-state index contributed by atoms with van der Waals surface area (Å²) in [6.07, 6.45) is -64.2. The van der Waals surface area contributed by atoms with Gasteiger partial charge in [0.25, 0.3) is 0 Å². The van der Waals surface area contributed by atoms with Crippen LogP contribution in [0.4, 0.5) is 0 Å². The lowest BCUT2D eigenvalue weighted by atomic mass is 9.33. The molecule has 8 heterocycles. The van der Waals surface area contributed by atoms with Crippen LogP contribution < -0.4 is 0 Å². The van der Waals surface area contributed by atoms with Crippen LogP contribution in [0, 0.1) is 50.2 Å². The molecule has 13 rings (SSSR count). The zero-order valence-electron chi connectivity index (χ0n) is 67.3. The van der Waals surface area contributed by atoms with Gasteiger partial charge in [0.2, 0.25) is 6.29 Å². The van der Waals surface area contributed by atoms with Crippen LogP contribution in [-0.2, 0) is 99.7 Å². The van der Waals surface area contributed by atoms with Crippen molar-refractivity contribution in [2.45, 2.75) is 353 Å². The molecule has 12 fully saturated rings. The third-order valence-corrected chi connectivity index (χ3v) is 29.0. The normalized spacial score (nSPS) is 53.7. The Morgan fingerprint density at radius 1 is 0.496 bits per heavy atom. The summed E-state index contributed by atoms with van der Waals surface area (Å²) in [5.41, 5.74) is -7.52. The second-order valence-corrected chi connectivity index (χ2v) is 36.7. The highest BCUT2D eigenvalue weighted by Crippen LogP contribution is 2.76. The fourth-order valence-corrected chi connectivity index (χ4v) is 21.8. The molecule has 8 saturated heterocycles. The summed E-state index contributed by atoms with van der Waals surface area (Å²) in [6.45, 7) is 11.2. The van der Waals surface area contributed by atoms with Crippen LogP contribution in [0.3, 0.4) is 0 Å². The fourth-order valence-electron chi connectivity index (χ4n) is 21.8. The molecule has 0 aromatic rings. The summed E-state index contributed by atoms with van der Waals surface area (Å²) in [4.78, 5) is 56.4. The maximum Gasteiger partial charge on any atom is 0.335 e. The zero-order valence-corrected chi connectivity index (χ0v) is 67.3. The predicted molar refractivity (Wildman–Crippen MR) is 384 cm³/mol. The predicted octanol–water partition coefficient (Wildman–Crippen LogP) is -7.95. The van der Waals surface area contributed by atoms with Crippen LogP contribution in [-0.4, -0.2) is 404 Å². The van der Waals surface area contributed by atoms with Gasteiger partial charge in [0.15, 0.2) is 62.3 Å². The molecule has 0 aromatic heterocycles. The minimum Gasteiger partial charge on any atom is -0.479 e. The highest BCUT2D eigenvalue weighted by Gasteiger charge is 2.74. The average Bonchev–Trinajstić information content (AvgIpc) is 0.846. The number of aliphatic hydroxyl groups is 20. The lowest BCUT2D eigenvalue weighted by Gasteiger charge is -2.71. The quantitative estimate of drug-likeness (QED) is 0.0207. The number of fused-ring (bicyclic) bond motifs is 7. The first-order valence-corrected chi connectivity index (χ1v) is 40.8. The highest BCUT2D eigenvalue weighted by atomic mass is 16.8. The molecule has 46 atom stereocenters. The molecule has 0 bridgehead atoms. The molecule has 0 spiro atoms. The zero-order chi connectivity index (χ0) is 86.9. The van der Waals surface area contributed by atoms with Gasteiger partial charge in [-0.3, -0.25) is 9.59 Å². The van der Waals surface area contributed by atoms with Crippen LogP contribution in [0.2, 0.25) is 0 Å². The standard InChI is InChI=1S/C77H120O42/c1-27-52(108-29(3)82)48(94)58(117-66-51(97)56(115-64-46(92)43(89)41(87)34(20-78)109-64)53(28(2)106-66)112-63-50(96)54(33(84)23-104-63)113-69-60(98)76(102,25-81)26-105-69)67(107-27)119-70(101)77-17-16-71(4,5)18-31(77)30-10-11-37-72(6)14-13-39(73(7,24-80)36(72)12-15-74(37,8)75(30,9)19-38(77)85)111-68-59(118-65-47(93)44(90)42(88)35(21-79)110-65)55(49(95)57(116-68)61(99)100)114-62-45(91)40(86)32(83)22-103-62/h10,24,27-28,31-60,62-69,78-79,81,83-98,102H,11-23,25-26H2,1-9H3,(H,99,100). The lowest BCUT2D eigenvalue weighted by molar-refractivity contribution is -0.396. The second-order valence-electron chi connectivity index (χ2n) is 36.7. The van der Waals surface area contributed by atoms with E-state index in [1.165, 1.54) is 13.8 Å². The SMILES string of the molecule is CC(=O)OC1C(C)OC(OC(=O)C23CCC(C)(C)CC2C2=CCC4C5(C)CCC(OC6OC(C(=O)O)C(O)C(OC7OCC(O)C(O)C7O)C6OC6OC(CO)C(O)C(O)C6O)C(C)(C=O)C5CCC4(C)C2(C)CC3O)C(OC2OC(C)C(OC3OCC(O)C(OC4OCC(O)(CO)C4O)C3O)C(OC3OC(CO)C(O)C(O)C3O)C2O)C1O. The molecule has 4 saturated carbocycles. The van der Waals surface area contributed by atoms with Crippen molar-refractivity contribution in [2.75, 3.05) is 39.6 Å². The largest absolute Gasteiger partial charge is 0.479 e. The van der Waals surface area contributed by atoms with Crippen molar-refractivity contribution in [1.29, 1.82) is 0 Å². The van der Waals surface area contributed by atoms with Crippen LogP contribution in [0.15, 0.2) is 11.6 Å². The number of hydrogen-bond acceptors (Lipinski definition) is 41. The topological polar surface area (TPSA) is 650 Å². The van der Waals surface area contributed by atoms with E-state index in [2.05, 4.69) is 26.8 Å². The Bertz CT molecular complexity index is 3560. The Kier molecular flexibility index (Phi) is 27.5. The van der Waals surface area contributed by atoms with Crippen molar-refractivity contribution < 1.29 is 207 Å². The number of aldehydes is 1. The van der Waals surface area contributed by atoms with E-state index in [0.717, 1.165) is 18.8 Å². The average molecular weight is 1720 g/mol. The first-order chi connectivity index (χ1) is 55.8. The molecule has 21 N–H and O–H groups in total. The molecule has 0 amide bonds. The molecule has 13 aliphatic rings. The van der Waals surface area contributed by atoms with Crippen LogP contribution in [0.1, 0.15) is 120 Å².